The number of nitrogens with zero attached hydrogens (tertiary/aromatic N) is 5. The van der Waals surface area contributed by atoms with Gasteiger partial charge in [0.05, 0.1) is 5.01 Å². The molecule has 112 valence electrons. The van der Waals surface area contributed by atoms with Crippen molar-refractivity contribution in [2.45, 2.75) is 38.6 Å². The fourth-order valence-electron chi connectivity index (χ4n) is 2.73. The first-order valence-corrected chi connectivity index (χ1v) is 8.08. The third-order valence-corrected chi connectivity index (χ3v) is 5.03. The maximum atomic E-state index is 12.6. The summed E-state index contributed by atoms with van der Waals surface area (Å²) >= 11 is 1.70. The van der Waals surface area contributed by atoms with Gasteiger partial charge in [0, 0.05) is 30.1 Å². The topological polar surface area (TPSA) is 63.9 Å². The van der Waals surface area contributed by atoms with Crippen LogP contribution in [0.5, 0.6) is 0 Å². The molecule has 21 heavy (non-hydrogen) atoms. The number of piperidine rings is 1. The Morgan fingerprint density at radius 2 is 2.38 bits per heavy atom. The molecule has 6 nitrogen and oxygen atoms in total. The van der Waals surface area contributed by atoms with Gasteiger partial charge in [0.25, 0.3) is 0 Å². The third kappa shape index (κ3) is 2.97. The number of aromatic nitrogens is 4. The second kappa shape index (κ2) is 5.93. The summed E-state index contributed by atoms with van der Waals surface area (Å²) in [7, 11) is 0. The average molecular weight is 305 g/mol. The first-order valence-electron chi connectivity index (χ1n) is 7.20. The molecule has 0 spiro atoms. The lowest BCUT2D eigenvalue weighted by Gasteiger charge is -2.33. The Balaban J connectivity index is 1.69. The minimum absolute atomic E-state index is 0.110. The van der Waals surface area contributed by atoms with Gasteiger partial charge in [0.1, 0.15) is 18.7 Å². The lowest BCUT2D eigenvalue weighted by Crippen LogP contribution is -2.42. The number of hydrogen-bond acceptors (Lipinski definition) is 5. The van der Waals surface area contributed by atoms with Gasteiger partial charge in [-0.1, -0.05) is 0 Å². The molecule has 0 saturated carbocycles. The monoisotopic (exact) mass is 305 g/mol. The molecule has 2 aromatic heterocycles. The highest BCUT2D eigenvalue weighted by atomic mass is 32.1. The Hall–Kier alpha value is -1.76. The van der Waals surface area contributed by atoms with E-state index < -0.39 is 0 Å². The second-order valence-corrected chi connectivity index (χ2v) is 6.39. The van der Waals surface area contributed by atoms with Crippen molar-refractivity contribution in [3.8, 4) is 0 Å². The molecule has 0 N–H and O–H groups in total. The molecule has 1 fully saturated rings. The lowest BCUT2D eigenvalue weighted by molar-refractivity contribution is -0.135. The number of thiazole rings is 1. The van der Waals surface area contributed by atoms with Crippen molar-refractivity contribution in [1.82, 2.24) is 24.6 Å². The molecule has 0 bridgehead atoms. The van der Waals surface area contributed by atoms with E-state index in [1.165, 1.54) is 6.33 Å². The molecule has 0 radical (unpaired) electrons. The molecular formula is C14H19N5OS. The van der Waals surface area contributed by atoms with Gasteiger partial charge in [-0.15, -0.1) is 11.3 Å². The van der Waals surface area contributed by atoms with E-state index in [0.717, 1.165) is 36.6 Å². The standard InChI is InChI=1S/C14H19N5OS/c1-10-7-21-13(17-10)12-4-3-5-18(6-12)14(20)11(2)19-9-15-8-16-19/h7-9,11-12H,3-6H2,1-2H3/t11-,12-/m1/s1. The van der Waals surface area contributed by atoms with Gasteiger partial charge in [-0.25, -0.2) is 14.6 Å². The van der Waals surface area contributed by atoms with Crippen LogP contribution in [0, 0.1) is 6.92 Å². The van der Waals surface area contributed by atoms with Crippen molar-refractivity contribution >= 4 is 17.2 Å². The van der Waals surface area contributed by atoms with Crippen molar-refractivity contribution in [2.24, 2.45) is 0 Å². The highest BCUT2D eigenvalue weighted by Crippen LogP contribution is 2.30. The van der Waals surface area contributed by atoms with Crippen LogP contribution in [0.25, 0.3) is 0 Å². The normalized spacial score (nSPS) is 20.5. The Kier molecular flexibility index (Phi) is 4.01. The number of amides is 1. The molecular weight excluding hydrogens is 286 g/mol. The van der Waals surface area contributed by atoms with Crippen molar-refractivity contribution in [3.05, 3.63) is 28.7 Å². The van der Waals surface area contributed by atoms with Gasteiger partial charge >= 0.3 is 0 Å². The van der Waals surface area contributed by atoms with Gasteiger partial charge < -0.3 is 4.90 Å². The number of likely N-dealkylation sites (tertiary alicyclic amines) is 1. The summed E-state index contributed by atoms with van der Waals surface area (Å²) < 4.78 is 1.61. The maximum absolute atomic E-state index is 12.6. The van der Waals surface area contributed by atoms with E-state index in [0.29, 0.717) is 5.92 Å². The predicted octanol–water partition coefficient (Wildman–Crippen LogP) is 2.01. The summed E-state index contributed by atoms with van der Waals surface area (Å²) in [5, 5.41) is 7.29. The van der Waals surface area contributed by atoms with Gasteiger partial charge in [0.2, 0.25) is 5.91 Å². The molecule has 0 unspecified atom stereocenters. The first-order chi connectivity index (χ1) is 10.1. The average Bonchev–Trinajstić information content (AvgIpc) is 3.17. The van der Waals surface area contributed by atoms with Gasteiger partial charge in [-0.2, -0.15) is 5.10 Å². The molecule has 1 aliphatic heterocycles. The Labute approximate surface area is 127 Å². The lowest BCUT2D eigenvalue weighted by atomic mass is 9.98. The molecule has 1 aliphatic rings. The zero-order valence-corrected chi connectivity index (χ0v) is 13.1. The summed E-state index contributed by atoms with van der Waals surface area (Å²) in [6.07, 6.45) is 5.18. The van der Waals surface area contributed by atoms with Crippen molar-refractivity contribution in [1.29, 1.82) is 0 Å². The Morgan fingerprint density at radius 3 is 3.05 bits per heavy atom. The van der Waals surface area contributed by atoms with Crippen molar-refractivity contribution < 1.29 is 4.79 Å². The smallest absolute Gasteiger partial charge is 0.247 e. The van der Waals surface area contributed by atoms with E-state index in [-0.39, 0.29) is 11.9 Å². The fraction of sp³-hybridized carbons (Fsp3) is 0.571. The summed E-state index contributed by atoms with van der Waals surface area (Å²) in [6.45, 7) is 5.45. The van der Waals surface area contributed by atoms with Gasteiger partial charge in [-0.05, 0) is 26.7 Å². The van der Waals surface area contributed by atoms with Crippen LogP contribution in [0.4, 0.5) is 0 Å². The quantitative estimate of drug-likeness (QED) is 0.870. The summed E-state index contributed by atoms with van der Waals surface area (Å²) in [5.41, 5.74) is 1.06. The van der Waals surface area contributed by atoms with Crippen LogP contribution in [-0.2, 0) is 4.79 Å². The van der Waals surface area contributed by atoms with Crippen LogP contribution in [0.1, 0.15) is 42.4 Å². The van der Waals surface area contributed by atoms with Crippen LogP contribution in [0.15, 0.2) is 18.0 Å². The molecule has 7 heteroatoms. The molecule has 3 heterocycles. The number of carbonyl (C=O) groups excluding carboxylic acids is 1. The molecule has 2 aromatic rings. The minimum atomic E-state index is -0.302. The molecule has 1 saturated heterocycles. The Morgan fingerprint density at radius 1 is 1.52 bits per heavy atom. The van der Waals surface area contributed by atoms with Crippen LogP contribution in [-0.4, -0.2) is 43.6 Å². The minimum Gasteiger partial charge on any atom is -0.340 e. The SMILES string of the molecule is Cc1csc([C@@H]2CCCN(C(=O)[C@@H](C)n3cncn3)C2)n1. The van der Waals surface area contributed by atoms with E-state index in [1.807, 2.05) is 18.7 Å². The fourth-order valence-corrected chi connectivity index (χ4v) is 3.66. The molecule has 0 aliphatic carbocycles. The molecule has 0 aromatic carbocycles. The number of aryl methyl sites for hydroxylation is 1. The number of hydrogen-bond donors (Lipinski definition) is 0. The second-order valence-electron chi connectivity index (χ2n) is 5.50. The Bertz CT molecular complexity index is 609. The van der Waals surface area contributed by atoms with Crippen molar-refractivity contribution in [3.63, 3.8) is 0 Å². The van der Waals surface area contributed by atoms with E-state index in [2.05, 4.69) is 20.4 Å². The predicted molar refractivity (Wildman–Crippen MR) is 80.1 cm³/mol. The molecule has 2 atom stereocenters. The first kappa shape index (κ1) is 14.2. The highest BCUT2D eigenvalue weighted by Gasteiger charge is 2.29. The van der Waals surface area contributed by atoms with E-state index in [9.17, 15) is 4.79 Å². The zero-order chi connectivity index (χ0) is 14.8. The van der Waals surface area contributed by atoms with Gasteiger partial charge in [-0.3, -0.25) is 4.79 Å². The van der Waals surface area contributed by atoms with Crippen LogP contribution in [0.2, 0.25) is 0 Å². The number of carbonyl (C=O) groups is 1. The summed E-state index contributed by atoms with van der Waals surface area (Å²) in [6, 6.07) is -0.302. The highest BCUT2D eigenvalue weighted by molar-refractivity contribution is 7.09. The van der Waals surface area contributed by atoms with E-state index >= 15 is 0 Å². The number of rotatable bonds is 3. The largest absolute Gasteiger partial charge is 0.340 e. The van der Waals surface area contributed by atoms with Crippen LogP contribution >= 0.6 is 11.3 Å². The molecule has 1 amide bonds. The summed E-state index contributed by atoms with van der Waals surface area (Å²) in [5.74, 6) is 0.475. The zero-order valence-electron chi connectivity index (χ0n) is 12.3. The van der Waals surface area contributed by atoms with Crippen LogP contribution in [0.3, 0.4) is 0 Å². The van der Waals surface area contributed by atoms with Crippen molar-refractivity contribution in [2.75, 3.05) is 13.1 Å². The molecule has 3 rings (SSSR count). The third-order valence-electron chi connectivity index (χ3n) is 3.91. The van der Waals surface area contributed by atoms with E-state index in [4.69, 9.17) is 0 Å². The van der Waals surface area contributed by atoms with Gasteiger partial charge in [0.15, 0.2) is 0 Å². The maximum Gasteiger partial charge on any atom is 0.247 e. The summed E-state index contributed by atoms with van der Waals surface area (Å²) in [4.78, 5) is 23.0. The van der Waals surface area contributed by atoms with Crippen LogP contribution < -0.4 is 0 Å². The van der Waals surface area contributed by atoms with E-state index in [1.54, 1.807) is 22.3 Å².